The zero-order valence-electron chi connectivity index (χ0n) is 18.4. The Labute approximate surface area is 198 Å². The van der Waals surface area contributed by atoms with Gasteiger partial charge in [0.05, 0.1) is 38.2 Å². The Bertz CT molecular complexity index is 1500. The topological polar surface area (TPSA) is 66.2 Å². The van der Waals surface area contributed by atoms with E-state index in [4.69, 9.17) is 14.5 Å². The third-order valence-electron chi connectivity index (χ3n) is 5.47. The van der Waals surface area contributed by atoms with Gasteiger partial charge in [-0.25, -0.2) is 9.97 Å². The quantitative estimate of drug-likeness (QED) is 0.319. The van der Waals surface area contributed by atoms with Crippen LogP contribution in [0.25, 0.3) is 31.2 Å². The van der Waals surface area contributed by atoms with Gasteiger partial charge in [0, 0.05) is 15.8 Å². The second kappa shape index (κ2) is 8.80. The first-order valence-corrected chi connectivity index (χ1v) is 12.0. The molecule has 6 nitrogen and oxygen atoms in total. The second-order valence-corrected chi connectivity index (χ2v) is 9.35. The summed E-state index contributed by atoms with van der Waals surface area (Å²) in [7, 11) is 3.22. The Morgan fingerprint density at radius 3 is 2.55 bits per heavy atom. The molecule has 0 bridgehead atoms. The fourth-order valence-corrected chi connectivity index (χ4v) is 5.75. The first-order valence-electron chi connectivity index (χ1n) is 10.3. The maximum absolute atomic E-state index is 13.3. The van der Waals surface area contributed by atoms with Crippen LogP contribution in [-0.4, -0.2) is 28.8 Å². The van der Waals surface area contributed by atoms with Crippen LogP contribution in [-0.2, 0) is 6.54 Å². The van der Waals surface area contributed by atoms with Gasteiger partial charge in [0.2, 0.25) is 0 Å². The predicted octanol–water partition coefficient (Wildman–Crippen LogP) is 5.62. The molecule has 0 spiro atoms. The summed E-state index contributed by atoms with van der Waals surface area (Å²) in [6.07, 6.45) is 1.62. The molecule has 0 N–H and O–H groups in total. The Hall–Kier alpha value is -3.49. The van der Waals surface area contributed by atoms with Crippen LogP contribution in [0.4, 0.5) is 0 Å². The Morgan fingerprint density at radius 1 is 1.00 bits per heavy atom. The molecule has 166 valence electrons. The van der Waals surface area contributed by atoms with E-state index in [1.807, 2.05) is 48.7 Å². The fraction of sp³-hybridized carbons (Fsp3) is 0.160. The highest BCUT2D eigenvalue weighted by molar-refractivity contribution is 7.22. The highest BCUT2D eigenvalue weighted by Gasteiger charge is 2.16. The number of ether oxygens (including phenoxy) is 2. The van der Waals surface area contributed by atoms with Crippen LogP contribution in [0.15, 0.2) is 65.0 Å². The zero-order valence-corrected chi connectivity index (χ0v) is 20.0. The summed E-state index contributed by atoms with van der Waals surface area (Å²) in [5.41, 5.74) is 3.77. The molecule has 8 heteroatoms. The molecular formula is C25H21N3O3S2. The lowest BCUT2D eigenvalue weighted by Gasteiger charge is -2.08. The van der Waals surface area contributed by atoms with E-state index in [0.717, 1.165) is 37.1 Å². The van der Waals surface area contributed by atoms with Crippen LogP contribution in [0.2, 0.25) is 0 Å². The SMILES string of the molecule is COc1ccc(-c2nc(Cn3cnc4sc(-c5ccccc5)c(C)c4c3=O)cs2)cc1OC. The molecule has 0 atom stereocenters. The van der Waals surface area contributed by atoms with Crippen molar-refractivity contribution in [3.8, 4) is 32.5 Å². The van der Waals surface area contributed by atoms with E-state index in [2.05, 4.69) is 17.1 Å². The summed E-state index contributed by atoms with van der Waals surface area (Å²) < 4.78 is 12.3. The van der Waals surface area contributed by atoms with Crippen molar-refractivity contribution in [2.24, 2.45) is 0 Å². The van der Waals surface area contributed by atoms with Crippen LogP contribution in [0, 0.1) is 6.92 Å². The van der Waals surface area contributed by atoms with Gasteiger partial charge in [0.1, 0.15) is 9.84 Å². The third-order valence-corrected chi connectivity index (χ3v) is 7.66. The summed E-state index contributed by atoms with van der Waals surface area (Å²) in [6, 6.07) is 15.8. The van der Waals surface area contributed by atoms with Crippen molar-refractivity contribution < 1.29 is 9.47 Å². The number of hydrogen-bond acceptors (Lipinski definition) is 7. The minimum atomic E-state index is -0.0448. The fourth-order valence-electron chi connectivity index (χ4n) is 3.79. The summed E-state index contributed by atoms with van der Waals surface area (Å²) >= 11 is 3.08. The van der Waals surface area contributed by atoms with Crippen LogP contribution >= 0.6 is 22.7 Å². The van der Waals surface area contributed by atoms with Gasteiger partial charge in [-0.15, -0.1) is 22.7 Å². The monoisotopic (exact) mass is 475 g/mol. The van der Waals surface area contributed by atoms with Crippen molar-refractivity contribution in [2.75, 3.05) is 14.2 Å². The molecule has 2 aromatic carbocycles. The van der Waals surface area contributed by atoms with Gasteiger partial charge < -0.3 is 9.47 Å². The molecule has 0 radical (unpaired) electrons. The molecule has 0 aliphatic carbocycles. The Kier molecular flexibility index (Phi) is 5.70. The molecule has 3 heterocycles. The number of thiophene rings is 1. The number of methoxy groups -OCH3 is 2. The Morgan fingerprint density at radius 2 is 1.79 bits per heavy atom. The first kappa shape index (κ1) is 21.4. The zero-order chi connectivity index (χ0) is 22.9. The molecule has 33 heavy (non-hydrogen) atoms. The highest BCUT2D eigenvalue weighted by atomic mass is 32.1. The molecule has 3 aromatic heterocycles. The first-order chi connectivity index (χ1) is 16.1. The van der Waals surface area contributed by atoms with Gasteiger partial charge in [-0.3, -0.25) is 9.36 Å². The lowest BCUT2D eigenvalue weighted by molar-refractivity contribution is 0.355. The average molecular weight is 476 g/mol. The largest absolute Gasteiger partial charge is 0.493 e. The van der Waals surface area contributed by atoms with E-state index in [-0.39, 0.29) is 5.56 Å². The molecule has 0 saturated carbocycles. The van der Waals surface area contributed by atoms with Gasteiger partial charge in [0.15, 0.2) is 11.5 Å². The lowest BCUT2D eigenvalue weighted by atomic mass is 10.1. The van der Waals surface area contributed by atoms with Gasteiger partial charge in [0.25, 0.3) is 5.56 Å². The molecule has 0 unspecified atom stereocenters. The minimum Gasteiger partial charge on any atom is -0.493 e. The van der Waals surface area contributed by atoms with E-state index in [1.165, 1.54) is 11.3 Å². The smallest absolute Gasteiger partial charge is 0.262 e. The second-order valence-electron chi connectivity index (χ2n) is 7.49. The van der Waals surface area contributed by atoms with Crippen LogP contribution in [0.5, 0.6) is 11.5 Å². The number of hydrogen-bond donors (Lipinski definition) is 0. The number of nitrogens with zero attached hydrogens (tertiary/aromatic N) is 3. The molecule has 0 saturated heterocycles. The summed E-state index contributed by atoms with van der Waals surface area (Å²) in [4.78, 5) is 24.5. The highest BCUT2D eigenvalue weighted by Crippen LogP contribution is 2.36. The number of fused-ring (bicyclic) bond motifs is 1. The summed E-state index contributed by atoms with van der Waals surface area (Å²) in [5.74, 6) is 1.32. The van der Waals surface area contributed by atoms with Crippen LogP contribution in [0.1, 0.15) is 11.3 Å². The molecule has 5 rings (SSSR count). The van der Waals surface area contributed by atoms with Crippen molar-refractivity contribution in [3.63, 3.8) is 0 Å². The number of aryl methyl sites for hydroxylation is 1. The van der Waals surface area contributed by atoms with Gasteiger partial charge >= 0.3 is 0 Å². The molecule has 0 fully saturated rings. The molecule has 0 aliphatic heterocycles. The van der Waals surface area contributed by atoms with E-state index < -0.39 is 0 Å². The minimum absolute atomic E-state index is 0.0448. The maximum Gasteiger partial charge on any atom is 0.262 e. The predicted molar refractivity (Wildman–Crippen MR) is 134 cm³/mol. The normalized spacial score (nSPS) is 11.1. The van der Waals surface area contributed by atoms with E-state index >= 15 is 0 Å². The number of rotatable bonds is 6. The lowest BCUT2D eigenvalue weighted by Crippen LogP contribution is -2.21. The molecular weight excluding hydrogens is 454 g/mol. The van der Waals surface area contributed by atoms with Gasteiger partial charge in [-0.1, -0.05) is 30.3 Å². The Balaban J connectivity index is 1.47. The number of aromatic nitrogens is 3. The average Bonchev–Trinajstić information content (AvgIpc) is 3.45. The van der Waals surface area contributed by atoms with Crippen molar-refractivity contribution in [2.45, 2.75) is 13.5 Å². The van der Waals surface area contributed by atoms with E-state index in [0.29, 0.717) is 23.4 Å². The van der Waals surface area contributed by atoms with E-state index in [9.17, 15) is 4.79 Å². The summed E-state index contributed by atoms with van der Waals surface area (Å²) in [6.45, 7) is 2.36. The number of thiazole rings is 1. The molecule has 0 amide bonds. The van der Waals surface area contributed by atoms with Crippen molar-refractivity contribution >= 4 is 32.9 Å². The summed E-state index contributed by atoms with van der Waals surface area (Å²) in [5, 5.41) is 3.50. The third kappa shape index (κ3) is 3.92. The maximum atomic E-state index is 13.3. The van der Waals surface area contributed by atoms with Gasteiger partial charge in [-0.2, -0.15) is 0 Å². The van der Waals surface area contributed by atoms with Gasteiger partial charge in [-0.05, 0) is 36.2 Å². The standard InChI is InChI=1S/C25H21N3O3S2/c1-15-21-24(33-22(15)16-7-5-4-6-8-16)26-14-28(25(21)29)12-18-13-32-23(27-18)17-9-10-19(30-2)20(11-17)31-3/h4-11,13-14H,12H2,1-3H3. The molecule has 5 aromatic rings. The van der Waals surface area contributed by atoms with Crippen molar-refractivity contribution in [1.29, 1.82) is 0 Å². The molecule has 0 aliphatic rings. The van der Waals surface area contributed by atoms with Crippen molar-refractivity contribution in [3.05, 3.63) is 81.8 Å². The van der Waals surface area contributed by atoms with Crippen LogP contribution < -0.4 is 15.0 Å². The van der Waals surface area contributed by atoms with Crippen molar-refractivity contribution in [1.82, 2.24) is 14.5 Å². The van der Waals surface area contributed by atoms with Crippen LogP contribution in [0.3, 0.4) is 0 Å². The number of benzene rings is 2. The van der Waals surface area contributed by atoms with E-state index in [1.54, 1.807) is 36.5 Å².